The van der Waals surface area contributed by atoms with E-state index in [0.717, 1.165) is 45.7 Å². The molecule has 18 heavy (non-hydrogen) atoms. The molecule has 1 rings (SSSR count). The average Bonchev–Trinajstić information content (AvgIpc) is 2.36. The molecule has 0 aliphatic carbocycles. The van der Waals surface area contributed by atoms with Crippen molar-refractivity contribution in [3.8, 4) is 12.1 Å². The van der Waals surface area contributed by atoms with Gasteiger partial charge in [0.25, 0.3) is 0 Å². The van der Waals surface area contributed by atoms with Crippen molar-refractivity contribution in [1.82, 2.24) is 9.80 Å². The highest BCUT2D eigenvalue weighted by molar-refractivity contribution is 4.87. The lowest BCUT2D eigenvalue weighted by molar-refractivity contribution is 0.123. The Bertz CT molecular complexity index is 305. The van der Waals surface area contributed by atoms with Crippen molar-refractivity contribution < 1.29 is 0 Å². The fourth-order valence-corrected chi connectivity index (χ4v) is 2.45. The highest BCUT2D eigenvalue weighted by Crippen LogP contribution is 2.13. The molecule has 1 heterocycles. The van der Waals surface area contributed by atoms with Crippen molar-refractivity contribution in [2.24, 2.45) is 11.8 Å². The second-order valence-corrected chi connectivity index (χ2v) is 5.51. The van der Waals surface area contributed by atoms with Gasteiger partial charge >= 0.3 is 0 Å². The maximum atomic E-state index is 9.15. The summed E-state index contributed by atoms with van der Waals surface area (Å²) < 4.78 is 0. The van der Waals surface area contributed by atoms with Crippen LogP contribution in [-0.4, -0.2) is 49.1 Å². The number of hydrogen-bond acceptors (Lipinski definition) is 4. The van der Waals surface area contributed by atoms with Crippen molar-refractivity contribution in [2.75, 3.05) is 39.3 Å². The van der Waals surface area contributed by atoms with Crippen LogP contribution in [0.5, 0.6) is 0 Å². The van der Waals surface area contributed by atoms with Crippen molar-refractivity contribution in [1.29, 1.82) is 10.5 Å². The SMILES string of the molecule is CC(C)CC(C#N)CN1CCN(CCC#N)CC1. The first-order valence-electron chi connectivity index (χ1n) is 6.87. The van der Waals surface area contributed by atoms with Gasteiger partial charge in [-0.2, -0.15) is 10.5 Å². The highest BCUT2D eigenvalue weighted by atomic mass is 15.3. The smallest absolute Gasteiger partial charge is 0.0669 e. The normalized spacial score (nSPS) is 19.4. The Hall–Kier alpha value is -1.10. The molecule has 100 valence electrons. The molecule has 0 N–H and O–H groups in total. The van der Waals surface area contributed by atoms with Gasteiger partial charge in [0.15, 0.2) is 0 Å². The average molecular weight is 248 g/mol. The standard InChI is InChI=1S/C14H24N4/c1-13(2)10-14(11-16)12-18-8-6-17(7-9-18)5-3-4-15/h13-14H,3,5-10,12H2,1-2H3. The zero-order valence-corrected chi connectivity index (χ0v) is 11.6. The number of hydrogen-bond donors (Lipinski definition) is 0. The maximum Gasteiger partial charge on any atom is 0.0669 e. The van der Waals surface area contributed by atoms with Crippen LogP contribution in [0.2, 0.25) is 0 Å². The molecule has 0 aromatic heterocycles. The number of nitrogens with zero attached hydrogens (tertiary/aromatic N) is 4. The van der Waals surface area contributed by atoms with Gasteiger partial charge in [-0.25, -0.2) is 0 Å². The van der Waals surface area contributed by atoms with Gasteiger partial charge in [-0.05, 0) is 12.3 Å². The molecule has 1 atom stereocenters. The summed E-state index contributed by atoms with van der Waals surface area (Å²) in [6.45, 7) is 10.2. The van der Waals surface area contributed by atoms with Crippen LogP contribution in [0.4, 0.5) is 0 Å². The zero-order valence-electron chi connectivity index (χ0n) is 11.6. The Kier molecular flexibility index (Phi) is 6.72. The predicted octanol–water partition coefficient (Wildman–Crippen LogP) is 1.70. The Labute approximate surface area is 111 Å². The Balaban J connectivity index is 2.26. The molecule has 0 amide bonds. The molecule has 0 aromatic carbocycles. The predicted molar refractivity (Wildman–Crippen MR) is 71.7 cm³/mol. The molecule has 1 unspecified atom stereocenters. The quantitative estimate of drug-likeness (QED) is 0.718. The lowest BCUT2D eigenvalue weighted by atomic mass is 9.97. The molecule has 1 aliphatic heterocycles. The molecule has 0 saturated carbocycles. The number of nitriles is 2. The fraction of sp³-hybridized carbons (Fsp3) is 0.857. The summed E-state index contributed by atoms with van der Waals surface area (Å²) in [7, 11) is 0. The van der Waals surface area contributed by atoms with E-state index in [1.807, 2.05) is 0 Å². The van der Waals surface area contributed by atoms with Gasteiger partial charge in [-0.1, -0.05) is 13.8 Å². The first-order valence-corrected chi connectivity index (χ1v) is 6.87. The van der Waals surface area contributed by atoms with Gasteiger partial charge in [0.1, 0.15) is 0 Å². The summed E-state index contributed by atoms with van der Waals surface area (Å²) in [6.07, 6.45) is 1.61. The lowest BCUT2D eigenvalue weighted by Crippen LogP contribution is -2.47. The van der Waals surface area contributed by atoms with Gasteiger partial charge in [0, 0.05) is 45.7 Å². The van der Waals surface area contributed by atoms with Gasteiger partial charge in [-0.15, -0.1) is 0 Å². The number of rotatable bonds is 6. The molecular formula is C14H24N4. The van der Waals surface area contributed by atoms with Crippen molar-refractivity contribution >= 4 is 0 Å². The summed E-state index contributed by atoms with van der Waals surface area (Å²) in [6, 6.07) is 4.62. The van der Waals surface area contributed by atoms with Crippen LogP contribution < -0.4 is 0 Å². The Morgan fingerprint density at radius 3 is 2.17 bits per heavy atom. The molecule has 0 bridgehead atoms. The fourth-order valence-electron chi connectivity index (χ4n) is 2.45. The van der Waals surface area contributed by atoms with E-state index in [0.29, 0.717) is 12.3 Å². The summed E-state index contributed by atoms with van der Waals surface area (Å²) in [4.78, 5) is 4.72. The second-order valence-electron chi connectivity index (χ2n) is 5.51. The van der Waals surface area contributed by atoms with Crippen LogP contribution in [0.25, 0.3) is 0 Å². The molecule has 4 nitrogen and oxygen atoms in total. The van der Waals surface area contributed by atoms with Crippen LogP contribution >= 0.6 is 0 Å². The summed E-state index contributed by atoms with van der Waals surface area (Å²) in [5.41, 5.74) is 0. The van der Waals surface area contributed by atoms with Crippen LogP contribution in [-0.2, 0) is 0 Å². The molecule has 1 saturated heterocycles. The van der Waals surface area contributed by atoms with E-state index in [-0.39, 0.29) is 5.92 Å². The van der Waals surface area contributed by atoms with E-state index in [1.165, 1.54) is 0 Å². The third-order valence-corrected chi connectivity index (χ3v) is 3.42. The van der Waals surface area contributed by atoms with E-state index >= 15 is 0 Å². The van der Waals surface area contributed by atoms with E-state index in [1.54, 1.807) is 0 Å². The minimum absolute atomic E-state index is 0.163. The minimum Gasteiger partial charge on any atom is -0.300 e. The summed E-state index contributed by atoms with van der Waals surface area (Å²) >= 11 is 0. The van der Waals surface area contributed by atoms with Crippen molar-refractivity contribution in [3.63, 3.8) is 0 Å². The summed E-state index contributed by atoms with van der Waals surface area (Å²) in [5.74, 6) is 0.752. The third kappa shape index (κ3) is 5.49. The first kappa shape index (κ1) is 15.0. The number of piperazine rings is 1. The Morgan fingerprint density at radius 2 is 1.67 bits per heavy atom. The molecule has 0 aromatic rings. The second kappa shape index (κ2) is 8.08. The largest absolute Gasteiger partial charge is 0.300 e. The minimum atomic E-state index is 0.163. The van der Waals surface area contributed by atoms with Gasteiger partial charge < -0.3 is 0 Å². The Morgan fingerprint density at radius 1 is 1.06 bits per heavy atom. The van der Waals surface area contributed by atoms with Crippen LogP contribution in [0.1, 0.15) is 26.7 Å². The molecule has 4 heteroatoms. The third-order valence-electron chi connectivity index (χ3n) is 3.42. The topological polar surface area (TPSA) is 54.1 Å². The first-order chi connectivity index (χ1) is 8.65. The molecular weight excluding hydrogens is 224 g/mol. The van der Waals surface area contributed by atoms with Gasteiger partial charge in [0.2, 0.25) is 0 Å². The van der Waals surface area contributed by atoms with E-state index in [4.69, 9.17) is 10.5 Å². The van der Waals surface area contributed by atoms with E-state index in [2.05, 4.69) is 35.8 Å². The monoisotopic (exact) mass is 248 g/mol. The zero-order chi connectivity index (χ0) is 13.4. The van der Waals surface area contributed by atoms with Crippen LogP contribution in [0.3, 0.4) is 0 Å². The molecule has 1 fully saturated rings. The van der Waals surface area contributed by atoms with Crippen LogP contribution in [0, 0.1) is 34.5 Å². The summed E-state index contributed by atoms with van der Waals surface area (Å²) in [5, 5.41) is 17.7. The molecule has 1 aliphatic rings. The van der Waals surface area contributed by atoms with Crippen LogP contribution in [0.15, 0.2) is 0 Å². The van der Waals surface area contributed by atoms with E-state index in [9.17, 15) is 0 Å². The van der Waals surface area contributed by atoms with Gasteiger partial charge in [0.05, 0.1) is 18.1 Å². The van der Waals surface area contributed by atoms with E-state index < -0.39 is 0 Å². The maximum absolute atomic E-state index is 9.15. The van der Waals surface area contributed by atoms with Crippen molar-refractivity contribution in [3.05, 3.63) is 0 Å². The van der Waals surface area contributed by atoms with Crippen molar-refractivity contribution in [2.45, 2.75) is 26.7 Å². The van der Waals surface area contributed by atoms with Gasteiger partial charge in [-0.3, -0.25) is 9.80 Å². The highest BCUT2D eigenvalue weighted by Gasteiger charge is 2.20. The lowest BCUT2D eigenvalue weighted by Gasteiger charge is -2.35. The molecule has 0 spiro atoms. The molecule has 0 radical (unpaired) electrons.